The van der Waals surface area contributed by atoms with Gasteiger partial charge >= 0.3 is 0 Å². The summed E-state index contributed by atoms with van der Waals surface area (Å²) in [5, 5.41) is 0.641. The van der Waals surface area contributed by atoms with Gasteiger partial charge in [0.15, 0.2) is 0 Å². The molecule has 0 N–H and O–H groups in total. The second kappa shape index (κ2) is 3.97. The van der Waals surface area contributed by atoms with Crippen LogP contribution in [0, 0.1) is 12.3 Å². The van der Waals surface area contributed by atoms with E-state index in [4.69, 9.17) is 6.42 Å². The lowest BCUT2D eigenvalue weighted by Crippen LogP contribution is -2.38. The maximum Gasteiger partial charge on any atom is 0.261 e. The van der Waals surface area contributed by atoms with Crippen LogP contribution < -0.4 is 5.56 Å². The van der Waals surface area contributed by atoms with Gasteiger partial charge in [0.1, 0.15) is 5.82 Å². The van der Waals surface area contributed by atoms with Crippen LogP contribution in [0.2, 0.25) is 0 Å². The molecule has 0 unspecified atom stereocenters. The molecule has 3 rings (SSSR count). The Morgan fingerprint density at radius 2 is 2.22 bits per heavy atom. The average Bonchev–Trinajstić information content (AvgIpc) is 2.38. The van der Waals surface area contributed by atoms with Crippen LogP contribution in [0.15, 0.2) is 23.0 Å². The van der Waals surface area contributed by atoms with E-state index in [2.05, 4.69) is 15.8 Å². The van der Waals surface area contributed by atoms with Crippen LogP contribution in [0.25, 0.3) is 10.9 Å². The fourth-order valence-electron chi connectivity index (χ4n) is 2.30. The zero-order valence-corrected chi connectivity index (χ0v) is 10.2. The van der Waals surface area contributed by atoms with Crippen molar-refractivity contribution in [3.63, 3.8) is 0 Å². The Morgan fingerprint density at radius 1 is 1.39 bits per heavy atom. The van der Waals surface area contributed by atoms with Gasteiger partial charge in [0.25, 0.3) is 5.56 Å². The molecule has 0 amide bonds. The van der Waals surface area contributed by atoms with E-state index in [1.807, 2.05) is 7.05 Å². The molecule has 4 heteroatoms. The number of hydrogen-bond acceptors (Lipinski definition) is 3. The largest absolute Gasteiger partial charge is 0.297 e. The minimum atomic E-state index is 0.0340. The van der Waals surface area contributed by atoms with E-state index in [1.165, 1.54) is 0 Å². The molecule has 0 fully saturated rings. The van der Waals surface area contributed by atoms with E-state index in [9.17, 15) is 4.79 Å². The molecule has 18 heavy (non-hydrogen) atoms. The molecule has 1 aliphatic rings. The van der Waals surface area contributed by atoms with Gasteiger partial charge in [0.05, 0.1) is 17.4 Å². The van der Waals surface area contributed by atoms with Crippen LogP contribution in [-0.4, -0.2) is 28.0 Å². The number of hydrogen-bond donors (Lipinski definition) is 0. The fourth-order valence-corrected chi connectivity index (χ4v) is 2.30. The average molecular weight is 239 g/mol. The van der Waals surface area contributed by atoms with E-state index >= 15 is 0 Å². The Balaban J connectivity index is 2.31. The minimum absolute atomic E-state index is 0.0340. The first kappa shape index (κ1) is 11.0. The van der Waals surface area contributed by atoms with Crippen LogP contribution in [0.1, 0.15) is 11.4 Å². The summed E-state index contributed by atoms with van der Waals surface area (Å²) in [6.45, 7) is 2.28. The molecule has 1 aliphatic heterocycles. The Labute approximate surface area is 105 Å². The molecule has 4 nitrogen and oxygen atoms in total. The molecule has 0 saturated carbocycles. The minimum Gasteiger partial charge on any atom is -0.297 e. The molecule has 2 aromatic rings. The van der Waals surface area contributed by atoms with Gasteiger partial charge in [-0.05, 0) is 25.2 Å². The first-order valence-electron chi connectivity index (χ1n) is 5.87. The van der Waals surface area contributed by atoms with Gasteiger partial charge in [-0.25, -0.2) is 4.98 Å². The van der Waals surface area contributed by atoms with E-state index in [1.54, 1.807) is 22.8 Å². The van der Waals surface area contributed by atoms with Crippen molar-refractivity contribution in [3.8, 4) is 12.3 Å². The van der Waals surface area contributed by atoms with Gasteiger partial charge in [-0.1, -0.05) is 5.92 Å². The third kappa shape index (κ3) is 1.60. The van der Waals surface area contributed by atoms with Crippen LogP contribution in [-0.2, 0) is 13.1 Å². The Bertz CT molecular complexity index is 724. The topological polar surface area (TPSA) is 38.1 Å². The van der Waals surface area contributed by atoms with E-state index < -0.39 is 0 Å². The summed E-state index contributed by atoms with van der Waals surface area (Å²) in [5.74, 6) is 3.38. The number of rotatable bonds is 0. The highest BCUT2D eigenvalue weighted by atomic mass is 16.1. The summed E-state index contributed by atoms with van der Waals surface area (Å²) in [6, 6.07) is 5.35. The van der Waals surface area contributed by atoms with Crippen molar-refractivity contribution in [1.29, 1.82) is 0 Å². The van der Waals surface area contributed by atoms with E-state index in [-0.39, 0.29) is 5.56 Å². The van der Waals surface area contributed by atoms with Crippen LogP contribution >= 0.6 is 0 Å². The highest BCUT2D eigenvalue weighted by molar-refractivity contribution is 5.79. The summed E-state index contributed by atoms with van der Waals surface area (Å²) < 4.78 is 1.76. The first-order valence-corrected chi connectivity index (χ1v) is 5.87. The fraction of sp³-hybridized carbons (Fsp3) is 0.286. The molecule has 0 aliphatic carbocycles. The normalized spacial score (nSPS) is 15.3. The van der Waals surface area contributed by atoms with E-state index in [0.29, 0.717) is 24.0 Å². The third-order valence-electron chi connectivity index (χ3n) is 3.32. The monoisotopic (exact) mass is 239 g/mol. The smallest absolute Gasteiger partial charge is 0.261 e. The predicted molar refractivity (Wildman–Crippen MR) is 70.3 cm³/mol. The summed E-state index contributed by atoms with van der Waals surface area (Å²) in [7, 11) is 2.03. The van der Waals surface area contributed by atoms with Gasteiger partial charge in [-0.15, -0.1) is 6.42 Å². The zero-order chi connectivity index (χ0) is 12.7. The van der Waals surface area contributed by atoms with Crippen LogP contribution in [0.4, 0.5) is 0 Å². The molecule has 1 aromatic carbocycles. The number of nitrogens with zero attached hydrogens (tertiary/aromatic N) is 3. The molecule has 2 heterocycles. The van der Waals surface area contributed by atoms with Crippen molar-refractivity contribution >= 4 is 10.9 Å². The number of benzene rings is 1. The highest BCUT2D eigenvalue weighted by Gasteiger charge is 2.17. The molecule has 1 aromatic heterocycles. The summed E-state index contributed by atoms with van der Waals surface area (Å²) in [4.78, 5) is 19.0. The molecule has 0 atom stereocenters. The van der Waals surface area contributed by atoms with Crippen molar-refractivity contribution < 1.29 is 0 Å². The summed E-state index contributed by atoms with van der Waals surface area (Å²) in [6.07, 6.45) is 5.37. The predicted octanol–water partition coefficient (Wildman–Crippen LogP) is 0.823. The second-order valence-corrected chi connectivity index (χ2v) is 4.60. The lowest BCUT2D eigenvalue weighted by atomic mass is 10.1. The molecule has 0 bridgehead atoms. The Hall–Kier alpha value is -2.12. The molecule has 0 radical (unpaired) electrons. The Morgan fingerprint density at radius 3 is 3.00 bits per heavy atom. The van der Waals surface area contributed by atoms with Gasteiger partial charge < -0.3 is 0 Å². The standard InChI is InChI=1S/C14H13N3O/c1-3-10-4-5-11-12(8-10)15-13-9-16(2)6-7-17(13)14(11)18/h1,4-5,8H,6-7,9H2,2H3. The maximum atomic E-state index is 12.3. The summed E-state index contributed by atoms with van der Waals surface area (Å²) in [5.41, 5.74) is 1.48. The molecule has 90 valence electrons. The van der Waals surface area contributed by atoms with Gasteiger partial charge in [0, 0.05) is 18.7 Å². The number of fused-ring (bicyclic) bond motifs is 2. The third-order valence-corrected chi connectivity index (χ3v) is 3.32. The Kier molecular flexibility index (Phi) is 2.42. The molecule has 0 saturated heterocycles. The number of likely N-dealkylation sites (N-methyl/N-ethyl adjacent to an activating group) is 1. The first-order chi connectivity index (χ1) is 8.69. The SMILES string of the molecule is C#Cc1ccc2c(=O)n3c(nc2c1)CN(C)CC3. The van der Waals surface area contributed by atoms with Crippen molar-refractivity contribution in [2.45, 2.75) is 13.1 Å². The number of aromatic nitrogens is 2. The van der Waals surface area contributed by atoms with E-state index in [0.717, 1.165) is 17.9 Å². The molecule has 0 spiro atoms. The van der Waals surface area contributed by atoms with Crippen LogP contribution in [0.3, 0.4) is 0 Å². The van der Waals surface area contributed by atoms with Crippen LogP contribution in [0.5, 0.6) is 0 Å². The van der Waals surface area contributed by atoms with Crippen molar-refractivity contribution in [3.05, 3.63) is 39.9 Å². The van der Waals surface area contributed by atoms with Crippen molar-refractivity contribution in [2.75, 3.05) is 13.6 Å². The lowest BCUT2D eigenvalue weighted by Gasteiger charge is -2.25. The van der Waals surface area contributed by atoms with Gasteiger partial charge in [-0.2, -0.15) is 0 Å². The number of terminal acetylenes is 1. The maximum absolute atomic E-state index is 12.3. The quantitative estimate of drug-likeness (QED) is 0.639. The lowest BCUT2D eigenvalue weighted by molar-refractivity contribution is 0.259. The van der Waals surface area contributed by atoms with Gasteiger partial charge in [-0.3, -0.25) is 14.3 Å². The second-order valence-electron chi connectivity index (χ2n) is 4.60. The summed E-state index contributed by atoms with van der Waals surface area (Å²) >= 11 is 0. The molecular weight excluding hydrogens is 226 g/mol. The van der Waals surface area contributed by atoms with Gasteiger partial charge in [0.2, 0.25) is 0 Å². The van der Waals surface area contributed by atoms with Crippen molar-refractivity contribution in [1.82, 2.24) is 14.5 Å². The van der Waals surface area contributed by atoms with Crippen molar-refractivity contribution in [2.24, 2.45) is 0 Å². The highest BCUT2D eigenvalue weighted by Crippen LogP contribution is 2.14. The zero-order valence-electron chi connectivity index (χ0n) is 10.2. The molecular formula is C14H13N3O.